The van der Waals surface area contributed by atoms with Crippen LogP contribution in [0.4, 0.5) is 0 Å². The summed E-state index contributed by atoms with van der Waals surface area (Å²) in [6, 6.07) is 8.21. The van der Waals surface area contributed by atoms with Crippen LogP contribution in [-0.2, 0) is 11.2 Å². The van der Waals surface area contributed by atoms with Crippen molar-refractivity contribution in [1.82, 2.24) is 9.80 Å². The van der Waals surface area contributed by atoms with Crippen molar-refractivity contribution in [3.8, 4) is 5.75 Å². The highest BCUT2D eigenvalue weighted by Gasteiger charge is 2.29. The molecule has 1 aromatic rings. The van der Waals surface area contributed by atoms with Crippen LogP contribution in [0.25, 0.3) is 0 Å². The first kappa shape index (κ1) is 16.7. The van der Waals surface area contributed by atoms with E-state index in [0.29, 0.717) is 12.5 Å². The van der Waals surface area contributed by atoms with Crippen LogP contribution >= 0.6 is 11.8 Å². The Bertz CT molecular complexity index is 514. The lowest BCUT2D eigenvalue weighted by Gasteiger charge is -2.37. The molecule has 23 heavy (non-hydrogen) atoms. The SMILES string of the molecule is COc1ccc(CC(=O)N2CCSCC2CN2CCCC2)cc1. The van der Waals surface area contributed by atoms with Gasteiger partial charge in [-0.3, -0.25) is 4.79 Å². The molecule has 2 heterocycles. The summed E-state index contributed by atoms with van der Waals surface area (Å²) in [5.41, 5.74) is 1.06. The van der Waals surface area contributed by atoms with E-state index in [1.807, 2.05) is 36.0 Å². The molecule has 126 valence electrons. The number of rotatable bonds is 5. The number of carbonyl (C=O) groups is 1. The predicted octanol–water partition coefficient (Wildman–Crippen LogP) is 2.28. The van der Waals surface area contributed by atoms with Crippen molar-refractivity contribution >= 4 is 17.7 Å². The number of benzene rings is 1. The molecule has 2 aliphatic heterocycles. The molecule has 0 N–H and O–H groups in total. The minimum atomic E-state index is 0.264. The van der Waals surface area contributed by atoms with Gasteiger partial charge in [-0.15, -0.1) is 0 Å². The molecule has 5 heteroatoms. The van der Waals surface area contributed by atoms with E-state index in [1.165, 1.54) is 25.9 Å². The van der Waals surface area contributed by atoms with Crippen LogP contribution in [0, 0.1) is 0 Å². The van der Waals surface area contributed by atoms with Gasteiger partial charge in [-0.1, -0.05) is 12.1 Å². The third-order valence-electron chi connectivity index (χ3n) is 4.73. The first-order valence-electron chi connectivity index (χ1n) is 8.49. The smallest absolute Gasteiger partial charge is 0.227 e. The molecule has 2 saturated heterocycles. The van der Waals surface area contributed by atoms with Gasteiger partial charge in [0.15, 0.2) is 0 Å². The molecule has 1 aromatic carbocycles. The summed E-state index contributed by atoms with van der Waals surface area (Å²) in [6.07, 6.45) is 3.10. The summed E-state index contributed by atoms with van der Waals surface area (Å²) in [7, 11) is 1.66. The molecule has 1 amide bonds. The van der Waals surface area contributed by atoms with Crippen LogP contribution in [0.1, 0.15) is 18.4 Å². The van der Waals surface area contributed by atoms with Gasteiger partial charge in [0, 0.05) is 24.6 Å². The molecule has 0 radical (unpaired) electrons. The van der Waals surface area contributed by atoms with E-state index >= 15 is 0 Å². The van der Waals surface area contributed by atoms with Crippen LogP contribution in [0.3, 0.4) is 0 Å². The lowest BCUT2D eigenvalue weighted by Crippen LogP contribution is -2.51. The van der Waals surface area contributed by atoms with Crippen LogP contribution < -0.4 is 4.74 Å². The van der Waals surface area contributed by atoms with Gasteiger partial charge in [0.2, 0.25) is 5.91 Å². The van der Waals surface area contributed by atoms with Crippen molar-refractivity contribution in [1.29, 1.82) is 0 Å². The third-order valence-corrected chi connectivity index (χ3v) is 5.82. The minimum Gasteiger partial charge on any atom is -0.497 e. The quantitative estimate of drug-likeness (QED) is 0.827. The molecule has 2 aliphatic rings. The number of methoxy groups -OCH3 is 1. The van der Waals surface area contributed by atoms with Crippen LogP contribution in [0.5, 0.6) is 5.75 Å². The fraction of sp³-hybridized carbons (Fsp3) is 0.611. The lowest BCUT2D eigenvalue weighted by atomic mass is 10.1. The first-order chi connectivity index (χ1) is 11.3. The molecule has 0 aliphatic carbocycles. The van der Waals surface area contributed by atoms with Crippen LogP contribution in [0.15, 0.2) is 24.3 Å². The Kier molecular flexibility index (Phi) is 5.84. The van der Waals surface area contributed by atoms with Crippen LogP contribution in [-0.4, -0.2) is 66.5 Å². The second-order valence-electron chi connectivity index (χ2n) is 6.35. The normalized spacial score (nSPS) is 22.3. The summed E-state index contributed by atoms with van der Waals surface area (Å²) in [5, 5.41) is 0. The minimum absolute atomic E-state index is 0.264. The number of carbonyl (C=O) groups excluding carboxylic acids is 1. The maximum absolute atomic E-state index is 12.8. The highest BCUT2D eigenvalue weighted by molar-refractivity contribution is 7.99. The topological polar surface area (TPSA) is 32.8 Å². The van der Waals surface area contributed by atoms with E-state index in [-0.39, 0.29) is 5.91 Å². The Morgan fingerprint density at radius 2 is 1.96 bits per heavy atom. The highest BCUT2D eigenvalue weighted by Crippen LogP contribution is 2.21. The molecule has 0 bridgehead atoms. The molecule has 3 rings (SSSR count). The molecular weight excluding hydrogens is 308 g/mol. The number of hydrogen-bond acceptors (Lipinski definition) is 4. The Hall–Kier alpha value is -1.20. The van der Waals surface area contributed by atoms with E-state index in [9.17, 15) is 4.79 Å². The molecule has 0 spiro atoms. The standard InChI is InChI=1S/C18H26N2O2S/c1-22-17-6-4-15(5-7-17)12-18(21)20-10-11-23-14-16(20)13-19-8-2-3-9-19/h4-7,16H,2-3,8-14H2,1H3. The highest BCUT2D eigenvalue weighted by atomic mass is 32.2. The Balaban J connectivity index is 1.60. The van der Waals surface area contributed by atoms with Gasteiger partial charge in [-0.05, 0) is 43.6 Å². The first-order valence-corrected chi connectivity index (χ1v) is 9.64. The second-order valence-corrected chi connectivity index (χ2v) is 7.50. The van der Waals surface area contributed by atoms with E-state index in [4.69, 9.17) is 4.74 Å². The molecule has 2 fully saturated rings. The predicted molar refractivity (Wildman–Crippen MR) is 95.2 cm³/mol. The zero-order valence-electron chi connectivity index (χ0n) is 13.9. The van der Waals surface area contributed by atoms with E-state index in [2.05, 4.69) is 9.80 Å². The summed E-state index contributed by atoms with van der Waals surface area (Å²) >= 11 is 1.98. The van der Waals surface area contributed by atoms with Gasteiger partial charge in [0.25, 0.3) is 0 Å². The van der Waals surface area contributed by atoms with E-state index in [1.54, 1.807) is 7.11 Å². The lowest BCUT2D eigenvalue weighted by molar-refractivity contribution is -0.132. The van der Waals surface area contributed by atoms with Gasteiger partial charge in [-0.25, -0.2) is 0 Å². The number of likely N-dealkylation sites (tertiary alicyclic amines) is 1. The Labute approximate surface area is 143 Å². The van der Waals surface area contributed by atoms with Crippen molar-refractivity contribution in [2.24, 2.45) is 0 Å². The largest absolute Gasteiger partial charge is 0.497 e. The van der Waals surface area contributed by atoms with Crippen molar-refractivity contribution in [3.63, 3.8) is 0 Å². The second kappa shape index (κ2) is 8.06. The Morgan fingerprint density at radius 3 is 2.65 bits per heavy atom. The fourth-order valence-electron chi connectivity index (χ4n) is 3.42. The molecular formula is C18H26N2O2S. The fourth-order valence-corrected chi connectivity index (χ4v) is 4.47. The van der Waals surface area contributed by atoms with Gasteiger partial charge in [0.1, 0.15) is 5.75 Å². The monoisotopic (exact) mass is 334 g/mol. The Morgan fingerprint density at radius 1 is 1.22 bits per heavy atom. The zero-order valence-corrected chi connectivity index (χ0v) is 14.7. The number of ether oxygens (including phenoxy) is 1. The third kappa shape index (κ3) is 4.42. The van der Waals surface area contributed by atoms with Gasteiger partial charge in [0.05, 0.1) is 19.6 Å². The summed E-state index contributed by atoms with van der Waals surface area (Å²) in [5.74, 6) is 3.23. The number of amides is 1. The van der Waals surface area contributed by atoms with Gasteiger partial charge in [-0.2, -0.15) is 11.8 Å². The average molecular weight is 334 g/mol. The molecule has 1 unspecified atom stereocenters. The van der Waals surface area contributed by atoms with Gasteiger partial charge < -0.3 is 14.5 Å². The molecule has 0 saturated carbocycles. The van der Waals surface area contributed by atoms with E-state index < -0.39 is 0 Å². The van der Waals surface area contributed by atoms with E-state index in [0.717, 1.165) is 35.9 Å². The van der Waals surface area contributed by atoms with Crippen molar-refractivity contribution < 1.29 is 9.53 Å². The zero-order chi connectivity index (χ0) is 16.1. The number of hydrogen-bond donors (Lipinski definition) is 0. The molecule has 1 atom stereocenters. The van der Waals surface area contributed by atoms with Crippen LogP contribution in [0.2, 0.25) is 0 Å². The van der Waals surface area contributed by atoms with Crippen molar-refractivity contribution in [3.05, 3.63) is 29.8 Å². The summed E-state index contributed by atoms with van der Waals surface area (Å²) in [4.78, 5) is 17.4. The maximum Gasteiger partial charge on any atom is 0.227 e. The number of nitrogens with zero attached hydrogens (tertiary/aromatic N) is 2. The summed E-state index contributed by atoms with van der Waals surface area (Å²) in [6.45, 7) is 4.32. The number of thioether (sulfide) groups is 1. The van der Waals surface area contributed by atoms with Gasteiger partial charge >= 0.3 is 0 Å². The molecule has 4 nitrogen and oxygen atoms in total. The summed E-state index contributed by atoms with van der Waals surface area (Å²) < 4.78 is 5.18. The van der Waals surface area contributed by atoms with Crippen molar-refractivity contribution in [2.45, 2.75) is 25.3 Å². The molecule has 0 aromatic heterocycles. The maximum atomic E-state index is 12.8. The van der Waals surface area contributed by atoms with Crippen molar-refractivity contribution in [2.75, 3.05) is 44.8 Å². The average Bonchev–Trinajstić information content (AvgIpc) is 3.09.